The van der Waals surface area contributed by atoms with E-state index in [0.717, 1.165) is 24.8 Å². The summed E-state index contributed by atoms with van der Waals surface area (Å²) in [5.74, 6) is -0.487. The molecular weight excluding hydrogens is 270 g/mol. The molecule has 0 aromatic heterocycles. The third-order valence-corrected chi connectivity index (χ3v) is 3.85. The van der Waals surface area contributed by atoms with Gasteiger partial charge in [-0.3, -0.25) is 9.69 Å². The molecule has 1 fully saturated rings. The first-order valence-corrected chi connectivity index (χ1v) is 7.25. The summed E-state index contributed by atoms with van der Waals surface area (Å²) in [6.07, 6.45) is 2.16. The van der Waals surface area contributed by atoms with Crippen molar-refractivity contribution < 1.29 is 19.4 Å². The Hall–Kier alpha value is -2.04. The van der Waals surface area contributed by atoms with Crippen LogP contribution in [0, 0.1) is 5.92 Å². The van der Waals surface area contributed by atoms with Crippen LogP contribution in [0.4, 0.5) is 4.79 Å². The van der Waals surface area contributed by atoms with E-state index in [1.54, 1.807) is 0 Å². The summed E-state index contributed by atoms with van der Waals surface area (Å²) >= 11 is 0. The zero-order chi connectivity index (χ0) is 15.2. The second kappa shape index (κ2) is 7.11. The standard InChI is InChI=1S/C16H21NO4/c1-12-7-8-14(9-12)17(10-15(18)19)16(20)21-11-13-5-3-2-4-6-13/h2-6,12,14H,7-11H2,1H3,(H,18,19)/t12-,14-/m1/s1. The van der Waals surface area contributed by atoms with E-state index < -0.39 is 12.1 Å². The Labute approximate surface area is 124 Å². The van der Waals surface area contributed by atoms with E-state index in [2.05, 4.69) is 6.92 Å². The molecule has 0 bridgehead atoms. The molecule has 1 aliphatic rings. The Balaban J connectivity index is 1.95. The quantitative estimate of drug-likeness (QED) is 0.905. The van der Waals surface area contributed by atoms with Crippen molar-refractivity contribution in [3.63, 3.8) is 0 Å². The van der Waals surface area contributed by atoms with E-state index in [1.807, 2.05) is 30.3 Å². The molecule has 1 amide bonds. The molecule has 1 aliphatic carbocycles. The molecule has 1 aromatic rings. The van der Waals surface area contributed by atoms with Crippen LogP contribution in [0.2, 0.25) is 0 Å². The largest absolute Gasteiger partial charge is 0.480 e. The summed E-state index contributed by atoms with van der Waals surface area (Å²) in [6.45, 7) is 1.98. The highest BCUT2D eigenvalue weighted by Gasteiger charge is 2.32. The third-order valence-electron chi connectivity index (χ3n) is 3.85. The highest BCUT2D eigenvalue weighted by Crippen LogP contribution is 2.29. The number of aliphatic carboxylic acids is 1. The van der Waals surface area contributed by atoms with Gasteiger partial charge in [-0.25, -0.2) is 4.79 Å². The number of benzene rings is 1. The fourth-order valence-electron chi connectivity index (χ4n) is 2.75. The van der Waals surface area contributed by atoms with Gasteiger partial charge in [-0.2, -0.15) is 0 Å². The normalized spacial score (nSPS) is 21.0. The van der Waals surface area contributed by atoms with E-state index in [0.29, 0.717) is 5.92 Å². The molecule has 0 saturated heterocycles. The van der Waals surface area contributed by atoms with Crippen LogP contribution in [0.3, 0.4) is 0 Å². The van der Waals surface area contributed by atoms with E-state index in [1.165, 1.54) is 4.90 Å². The van der Waals surface area contributed by atoms with Crippen molar-refractivity contribution in [2.45, 2.75) is 38.8 Å². The summed E-state index contributed by atoms with van der Waals surface area (Å²) < 4.78 is 5.26. The van der Waals surface area contributed by atoms with Crippen LogP contribution < -0.4 is 0 Å². The minimum atomic E-state index is -1.01. The molecule has 1 aromatic carbocycles. The van der Waals surface area contributed by atoms with Gasteiger partial charge in [-0.05, 0) is 30.7 Å². The topological polar surface area (TPSA) is 66.8 Å². The van der Waals surface area contributed by atoms with Gasteiger partial charge < -0.3 is 9.84 Å². The van der Waals surface area contributed by atoms with Gasteiger partial charge in [0.2, 0.25) is 0 Å². The molecular formula is C16H21NO4. The summed E-state index contributed by atoms with van der Waals surface area (Å²) in [5, 5.41) is 8.99. The first-order valence-electron chi connectivity index (χ1n) is 7.25. The number of rotatable bonds is 5. The molecule has 5 heteroatoms. The van der Waals surface area contributed by atoms with Crippen molar-refractivity contribution >= 4 is 12.1 Å². The Morgan fingerprint density at radius 1 is 1.29 bits per heavy atom. The first kappa shape index (κ1) is 15.4. The van der Waals surface area contributed by atoms with E-state index in [-0.39, 0.29) is 19.2 Å². The maximum absolute atomic E-state index is 12.2. The van der Waals surface area contributed by atoms with Gasteiger partial charge in [0.05, 0.1) is 0 Å². The smallest absolute Gasteiger partial charge is 0.410 e. The molecule has 5 nitrogen and oxygen atoms in total. The third kappa shape index (κ3) is 4.48. The number of carboxylic acids is 1. The van der Waals surface area contributed by atoms with E-state index in [4.69, 9.17) is 9.84 Å². The van der Waals surface area contributed by atoms with Crippen molar-refractivity contribution in [2.24, 2.45) is 5.92 Å². The van der Waals surface area contributed by atoms with Crippen LogP contribution >= 0.6 is 0 Å². The molecule has 2 atom stereocenters. The number of carbonyl (C=O) groups excluding carboxylic acids is 1. The zero-order valence-electron chi connectivity index (χ0n) is 12.2. The van der Waals surface area contributed by atoms with E-state index in [9.17, 15) is 9.59 Å². The monoisotopic (exact) mass is 291 g/mol. The second-order valence-corrected chi connectivity index (χ2v) is 5.63. The van der Waals surface area contributed by atoms with Crippen molar-refractivity contribution in [1.29, 1.82) is 0 Å². The molecule has 21 heavy (non-hydrogen) atoms. The molecule has 114 valence electrons. The lowest BCUT2D eigenvalue weighted by Crippen LogP contribution is -2.42. The van der Waals surface area contributed by atoms with Crippen LogP contribution in [0.15, 0.2) is 30.3 Å². The van der Waals surface area contributed by atoms with Gasteiger partial charge in [0.1, 0.15) is 13.2 Å². The molecule has 0 unspecified atom stereocenters. The maximum atomic E-state index is 12.2. The average Bonchev–Trinajstić information content (AvgIpc) is 2.89. The Morgan fingerprint density at radius 3 is 2.57 bits per heavy atom. The van der Waals surface area contributed by atoms with Crippen LogP contribution in [0.1, 0.15) is 31.7 Å². The van der Waals surface area contributed by atoms with Crippen molar-refractivity contribution in [2.75, 3.05) is 6.54 Å². The molecule has 0 aliphatic heterocycles. The van der Waals surface area contributed by atoms with Crippen LogP contribution in [-0.4, -0.2) is 34.7 Å². The molecule has 0 heterocycles. The number of amides is 1. The second-order valence-electron chi connectivity index (χ2n) is 5.63. The Bertz CT molecular complexity index is 488. The summed E-state index contributed by atoms with van der Waals surface area (Å²) in [4.78, 5) is 24.5. The average molecular weight is 291 g/mol. The van der Waals surface area contributed by atoms with Crippen LogP contribution in [-0.2, 0) is 16.1 Å². The van der Waals surface area contributed by atoms with Gasteiger partial charge in [0, 0.05) is 6.04 Å². The zero-order valence-corrected chi connectivity index (χ0v) is 12.2. The fourth-order valence-corrected chi connectivity index (χ4v) is 2.75. The lowest BCUT2D eigenvalue weighted by atomic mass is 10.1. The van der Waals surface area contributed by atoms with Crippen molar-refractivity contribution in [1.82, 2.24) is 4.90 Å². The summed E-state index contributed by atoms with van der Waals surface area (Å²) in [5.41, 5.74) is 0.890. The lowest BCUT2D eigenvalue weighted by molar-refractivity contribution is -0.138. The SMILES string of the molecule is C[C@@H]1CC[C@@H](N(CC(=O)O)C(=O)OCc2ccccc2)C1. The van der Waals surface area contributed by atoms with Gasteiger partial charge in [0.25, 0.3) is 0 Å². The number of nitrogens with zero attached hydrogens (tertiary/aromatic N) is 1. The molecule has 0 spiro atoms. The molecule has 1 saturated carbocycles. The van der Waals surface area contributed by atoms with Crippen molar-refractivity contribution in [3.05, 3.63) is 35.9 Å². The number of carbonyl (C=O) groups is 2. The predicted octanol–water partition coefficient (Wildman–Crippen LogP) is 2.90. The van der Waals surface area contributed by atoms with Gasteiger partial charge in [0.15, 0.2) is 0 Å². The predicted molar refractivity (Wildman–Crippen MR) is 77.8 cm³/mol. The highest BCUT2D eigenvalue weighted by molar-refractivity contribution is 5.77. The number of hydrogen-bond donors (Lipinski definition) is 1. The van der Waals surface area contributed by atoms with E-state index >= 15 is 0 Å². The summed E-state index contributed by atoms with van der Waals surface area (Å²) in [6, 6.07) is 9.34. The number of ether oxygens (including phenoxy) is 1. The summed E-state index contributed by atoms with van der Waals surface area (Å²) in [7, 11) is 0. The lowest BCUT2D eigenvalue weighted by Gasteiger charge is -2.26. The molecule has 2 rings (SSSR count). The first-order chi connectivity index (χ1) is 10.1. The Kier molecular flexibility index (Phi) is 5.20. The molecule has 0 radical (unpaired) electrons. The maximum Gasteiger partial charge on any atom is 0.410 e. The number of hydrogen-bond acceptors (Lipinski definition) is 3. The number of carboxylic acid groups (broad SMARTS) is 1. The minimum absolute atomic E-state index is 0.0284. The van der Waals surface area contributed by atoms with Crippen LogP contribution in [0.5, 0.6) is 0 Å². The van der Waals surface area contributed by atoms with Gasteiger partial charge in [-0.15, -0.1) is 0 Å². The van der Waals surface area contributed by atoms with Gasteiger partial charge in [-0.1, -0.05) is 37.3 Å². The molecule has 1 N–H and O–H groups in total. The van der Waals surface area contributed by atoms with Crippen molar-refractivity contribution in [3.8, 4) is 0 Å². The fraction of sp³-hybridized carbons (Fsp3) is 0.500. The van der Waals surface area contributed by atoms with Crippen LogP contribution in [0.25, 0.3) is 0 Å². The van der Waals surface area contributed by atoms with Gasteiger partial charge >= 0.3 is 12.1 Å². The highest BCUT2D eigenvalue weighted by atomic mass is 16.6. The minimum Gasteiger partial charge on any atom is -0.480 e. The Morgan fingerprint density at radius 2 is 2.00 bits per heavy atom.